The van der Waals surface area contributed by atoms with E-state index >= 15 is 0 Å². The van der Waals surface area contributed by atoms with Gasteiger partial charge in [-0.15, -0.1) is 22.7 Å². The van der Waals surface area contributed by atoms with Crippen molar-refractivity contribution in [3.8, 4) is 34.7 Å². The van der Waals surface area contributed by atoms with Gasteiger partial charge in [0, 0.05) is 35.5 Å². The molecular weight excluding hydrogens is 555 g/mol. The van der Waals surface area contributed by atoms with E-state index in [9.17, 15) is 9.59 Å². The number of aldehydes is 1. The minimum Gasteiger partial charge on any atom is -0.350 e. The van der Waals surface area contributed by atoms with Crippen molar-refractivity contribution in [3.05, 3.63) is 70.4 Å². The summed E-state index contributed by atoms with van der Waals surface area (Å²) in [5.41, 5.74) is 3.90. The fourth-order valence-corrected chi connectivity index (χ4v) is 6.06. The lowest BCUT2D eigenvalue weighted by Crippen LogP contribution is -2.42. The van der Waals surface area contributed by atoms with Gasteiger partial charge in [0.05, 0.1) is 45.7 Å². The molecular formula is C30H29N7O2S2. The van der Waals surface area contributed by atoms with Crippen LogP contribution in [0.3, 0.4) is 0 Å². The molecule has 0 spiro atoms. The first-order valence-corrected chi connectivity index (χ1v) is 14.4. The number of hydrogen-bond acceptors (Lipinski definition) is 9. The molecule has 1 fully saturated rings. The summed E-state index contributed by atoms with van der Waals surface area (Å²) >= 11 is 2.91. The smallest absolute Gasteiger partial charge is 0.326 e. The number of thiazole rings is 2. The molecule has 41 heavy (non-hydrogen) atoms. The predicted molar refractivity (Wildman–Crippen MR) is 163 cm³/mol. The Kier molecular flexibility index (Phi) is 8.52. The summed E-state index contributed by atoms with van der Waals surface area (Å²) in [6, 6.07) is 18.7. The van der Waals surface area contributed by atoms with Crippen molar-refractivity contribution in [3.63, 3.8) is 0 Å². The number of carbonyl (C=O) groups is 2. The predicted octanol–water partition coefficient (Wildman–Crippen LogP) is 6.40. The monoisotopic (exact) mass is 583 g/mol. The van der Waals surface area contributed by atoms with Crippen molar-refractivity contribution in [1.29, 1.82) is 10.5 Å². The third-order valence-electron chi connectivity index (χ3n) is 6.28. The molecule has 0 radical (unpaired) electrons. The third-order valence-corrected chi connectivity index (χ3v) is 7.86. The maximum atomic E-state index is 12.3. The Labute approximate surface area is 247 Å². The third kappa shape index (κ3) is 6.77. The van der Waals surface area contributed by atoms with Crippen LogP contribution in [-0.2, 0) is 4.79 Å². The molecule has 0 bridgehead atoms. The molecule has 1 aliphatic heterocycles. The van der Waals surface area contributed by atoms with Gasteiger partial charge in [-0.2, -0.15) is 10.5 Å². The number of anilines is 2. The normalized spacial score (nSPS) is 14.1. The zero-order valence-electron chi connectivity index (χ0n) is 23.4. The number of benzene rings is 2. The molecule has 0 aliphatic carbocycles. The fraction of sp³-hybridized carbons (Fsp3) is 0.267. The summed E-state index contributed by atoms with van der Waals surface area (Å²) in [4.78, 5) is 35.7. The topological polar surface area (TPSA) is 126 Å². The zero-order valence-corrected chi connectivity index (χ0v) is 25.0. The van der Waals surface area contributed by atoms with E-state index in [1.807, 2.05) is 48.9 Å². The van der Waals surface area contributed by atoms with Crippen molar-refractivity contribution in [2.24, 2.45) is 0 Å². The van der Waals surface area contributed by atoms with Crippen LogP contribution in [0, 0.1) is 22.7 Å². The lowest BCUT2D eigenvalue weighted by molar-refractivity contribution is -0.110. The van der Waals surface area contributed by atoms with Gasteiger partial charge in [-0.25, -0.2) is 14.8 Å². The van der Waals surface area contributed by atoms with Gasteiger partial charge in [0.15, 0.2) is 10.3 Å². The summed E-state index contributed by atoms with van der Waals surface area (Å²) in [5.74, 6) is 0. The summed E-state index contributed by atoms with van der Waals surface area (Å²) in [6.07, 6.45) is 0.857. The second-order valence-corrected chi connectivity index (χ2v) is 12.4. The Hall–Kier alpha value is -4.58. The van der Waals surface area contributed by atoms with Crippen molar-refractivity contribution >= 4 is 45.3 Å². The molecule has 2 aromatic carbocycles. The van der Waals surface area contributed by atoms with Crippen LogP contribution in [-0.4, -0.2) is 51.9 Å². The maximum absolute atomic E-state index is 12.3. The molecule has 1 N–H and O–H groups in total. The molecule has 0 unspecified atom stereocenters. The highest BCUT2D eigenvalue weighted by atomic mass is 32.1. The Balaban J connectivity index is 0.000000191. The van der Waals surface area contributed by atoms with Crippen LogP contribution in [0.4, 0.5) is 15.1 Å². The summed E-state index contributed by atoms with van der Waals surface area (Å²) in [6.45, 7) is 8.34. The van der Waals surface area contributed by atoms with Crippen LogP contribution in [0.15, 0.2) is 59.3 Å². The Morgan fingerprint density at radius 1 is 0.927 bits per heavy atom. The van der Waals surface area contributed by atoms with Gasteiger partial charge in [0.1, 0.15) is 6.29 Å². The molecule has 1 saturated heterocycles. The van der Waals surface area contributed by atoms with Gasteiger partial charge in [0.2, 0.25) is 0 Å². The number of amides is 2. The summed E-state index contributed by atoms with van der Waals surface area (Å²) in [7, 11) is 1.80. The average molecular weight is 584 g/mol. The molecule has 4 aromatic rings. The molecule has 208 valence electrons. The number of nitrogens with one attached hydrogen (secondary N) is 1. The average Bonchev–Trinajstić information content (AvgIpc) is 3.67. The number of urea groups is 1. The highest BCUT2D eigenvalue weighted by Crippen LogP contribution is 2.35. The van der Waals surface area contributed by atoms with Crippen LogP contribution in [0.25, 0.3) is 22.5 Å². The number of nitrogens with zero attached hydrogens (tertiary/aromatic N) is 6. The van der Waals surface area contributed by atoms with E-state index in [4.69, 9.17) is 10.5 Å². The molecule has 9 nitrogen and oxygen atoms in total. The number of hydrogen-bond donors (Lipinski definition) is 1. The molecule has 11 heteroatoms. The van der Waals surface area contributed by atoms with Crippen molar-refractivity contribution < 1.29 is 9.59 Å². The van der Waals surface area contributed by atoms with Crippen molar-refractivity contribution in [1.82, 2.24) is 14.9 Å². The summed E-state index contributed by atoms with van der Waals surface area (Å²) in [5, 5.41) is 25.9. The Morgan fingerprint density at radius 3 is 1.90 bits per heavy atom. The van der Waals surface area contributed by atoms with E-state index < -0.39 is 5.54 Å². The molecule has 0 atom stereocenters. The van der Waals surface area contributed by atoms with Crippen LogP contribution in [0.1, 0.15) is 38.8 Å². The van der Waals surface area contributed by atoms with Crippen molar-refractivity contribution in [2.45, 2.75) is 38.8 Å². The van der Waals surface area contributed by atoms with E-state index in [-0.39, 0.29) is 11.6 Å². The SMILES string of the molecule is CC(C)(C=O)Nc1nc(-c2ccc(C#N)cc2)cs1.CN1CC(C)(C)N(c2nc(-c3ccc(C#N)cc3)cs2)C1=O. The van der Waals surface area contributed by atoms with Crippen LogP contribution < -0.4 is 10.2 Å². The molecule has 5 rings (SSSR count). The number of rotatable bonds is 6. The van der Waals surface area contributed by atoms with E-state index in [2.05, 4.69) is 27.4 Å². The van der Waals surface area contributed by atoms with E-state index in [1.165, 1.54) is 22.7 Å². The van der Waals surface area contributed by atoms with E-state index in [0.29, 0.717) is 27.9 Å². The van der Waals surface area contributed by atoms with E-state index in [1.54, 1.807) is 55.0 Å². The fourth-order valence-electron chi connectivity index (χ4n) is 4.19. The van der Waals surface area contributed by atoms with Gasteiger partial charge >= 0.3 is 6.03 Å². The van der Waals surface area contributed by atoms with Gasteiger partial charge < -0.3 is 15.0 Å². The minimum absolute atomic E-state index is 0.0225. The van der Waals surface area contributed by atoms with Gasteiger partial charge in [-0.05, 0) is 52.0 Å². The second-order valence-electron chi connectivity index (χ2n) is 10.7. The van der Waals surface area contributed by atoms with Crippen LogP contribution >= 0.6 is 22.7 Å². The number of aromatic nitrogens is 2. The molecule has 2 aromatic heterocycles. The standard InChI is InChI=1S/C16H16N4OS.C14H13N3OS/c1-16(2)10-19(3)15(21)20(16)14-18-13(9-22-14)12-6-4-11(8-17)5-7-12;1-14(2,9-18)17-13-16-12(8-19-13)11-5-3-10(7-15)4-6-11/h4-7,9H,10H2,1-3H3;3-6,8-9H,1-2H3,(H,16,17). The lowest BCUT2D eigenvalue weighted by atomic mass is 10.1. The van der Waals surface area contributed by atoms with E-state index in [0.717, 1.165) is 28.8 Å². The van der Waals surface area contributed by atoms with Gasteiger partial charge in [0.25, 0.3) is 0 Å². The first-order chi connectivity index (χ1) is 19.5. The minimum atomic E-state index is -0.625. The quantitative estimate of drug-likeness (QED) is 0.260. The molecule has 2 amide bonds. The highest BCUT2D eigenvalue weighted by molar-refractivity contribution is 7.14. The number of carbonyl (C=O) groups excluding carboxylic acids is 2. The highest BCUT2D eigenvalue weighted by Gasteiger charge is 2.43. The zero-order chi connectivity index (χ0) is 29.8. The number of nitriles is 2. The molecule has 3 heterocycles. The Morgan fingerprint density at radius 2 is 1.44 bits per heavy atom. The first-order valence-electron chi connectivity index (χ1n) is 12.7. The first kappa shape index (κ1) is 29.4. The Bertz CT molecular complexity index is 1620. The van der Waals surface area contributed by atoms with Crippen LogP contribution in [0.5, 0.6) is 0 Å². The summed E-state index contributed by atoms with van der Waals surface area (Å²) < 4.78 is 0. The lowest BCUT2D eigenvalue weighted by Gasteiger charge is -2.26. The molecule has 0 saturated carbocycles. The van der Waals surface area contributed by atoms with Gasteiger partial charge in [-0.3, -0.25) is 4.90 Å². The largest absolute Gasteiger partial charge is 0.350 e. The second kappa shape index (κ2) is 11.9. The molecule has 1 aliphatic rings. The van der Waals surface area contributed by atoms with Crippen molar-refractivity contribution in [2.75, 3.05) is 23.8 Å². The van der Waals surface area contributed by atoms with Crippen LogP contribution in [0.2, 0.25) is 0 Å². The van der Waals surface area contributed by atoms with Gasteiger partial charge in [-0.1, -0.05) is 24.3 Å². The number of likely N-dealkylation sites (N-methyl/N-ethyl adjacent to an activating group) is 1. The maximum Gasteiger partial charge on any atom is 0.326 e.